The molecule has 1 fully saturated rings. The summed E-state index contributed by atoms with van der Waals surface area (Å²) in [4.78, 5) is 25.5. The monoisotopic (exact) mass is 325 g/mol. The SMILES string of the molecule is Cc1ccc(CN2CC(C(=O)NCC(F)(F)CN)CC2=O)cc1. The largest absolute Gasteiger partial charge is 0.350 e. The number of nitrogens with zero attached hydrogens (tertiary/aromatic N) is 1. The second kappa shape index (κ2) is 7.04. The van der Waals surface area contributed by atoms with E-state index in [1.54, 1.807) is 4.90 Å². The average Bonchev–Trinajstić information content (AvgIpc) is 2.88. The van der Waals surface area contributed by atoms with E-state index in [2.05, 4.69) is 5.32 Å². The van der Waals surface area contributed by atoms with Gasteiger partial charge in [0.05, 0.1) is 19.0 Å². The molecule has 7 heteroatoms. The summed E-state index contributed by atoms with van der Waals surface area (Å²) in [6.07, 6.45) is 0.0475. The highest BCUT2D eigenvalue weighted by Crippen LogP contribution is 2.21. The number of aryl methyl sites for hydroxylation is 1. The molecule has 1 aromatic rings. The lowest BCUT2D eigenvalue weighted by Gasteiger charge is -2.18. The van der Waals surface area contributed by atoms with Gasteiger partial charge in [-0.05, 0) is 12.5 Å². The molecule has 1 saturated heterocycles. The maximum Gasteiger partial charge on any atom is 0.277 e. The van der Waals surface area contributed by atoms with Crippen molar-refractivity contribution in [3.63, 3.8) is 0 Å². The van der Waals surface area contributed by atoms with Crippen molar-refractivity contribution in [3.8, 4) is 0 Å². The number of benzene rings is 1. The van der Waals surface area contributed by atoms with Gasteiger partial charge in [0.15, 0.2) is 0 Å². The molecule has 0 saturated carbocycles. The van der Waals surface area contributed by atoms with Crippen LogP contribution in [0.15, 0.2) is 24.3 Å². The minimum Gasteiger partial charge on any atom is -0.350 e. The summed E-state index contributed by atoms with van der Waals surface area (Å²) >= 11 is 0. The van der Waals surface area contributed by atoms with Crippen LogP contribution in [0.4, 0.5) is 8.78 Å². The van der Waals surface area contributed by atoms with Gasteiger partial charge in [-0.2, -0.15) is 0 Å². The van der Waals surface area contributed by atoms with Crippen LogP contribution in [-0.2, 0) is 16.1 Å². The third kappa shape index (κ3) is 4.72. The van der Waals surface area contributed by atoms with Crippen LogP contribution < -0.4 is 11.1 Å². The van der Waals surface area contributed by atoms with Crippen molar-refractivity contribution in [2.75, 3.05) is 19.6 Å². The van der Waals surface area contributed by atoms with Gasteiger partial charge in [-0.15, -0.1) is 0 Å². The van der Waals surface area contributed by atoms with Gasteiger partial charge in [0.25, 0.3) is 5.92 Å². The molecule has 0 bridgehead atoms. The Morgan fingerprint density at radius 3 is 2.65 bits per heavy atom. The Hall–Kier alpha value is -2.02. The molecular weight excluding hydrogens is 304 g/mol. The molecule has 1 heterocycles. The summed E-state index contributed by atoms with van der Waals surface area (Å²) in [5.41, 5.74) is 7.02. The van der Waals surface area contributed by atoms with Crippen LogP contribution in [0.3, 0.4) is 0 Å². The standard InChI is InChI=1S/C16H21F2N3O2/c1-11-2-4-12(5-3-11)7-21-8-13(6-14(21)22)15(23)20-10-16(17,18)9-19/h2-5,13H,6-10,19H2,1H3,(H,20,23). The first-order valence-corrected chi connectivity index (χ1v) is 7.49. The summed E-state index contributed by atoms with van der Waals surface area (Å²) in [5, 5.41) is 2.18. The van der Waals surface area contributed by atoms with E-state index in [0.717, 1.165) is 11.1 Å². The van der Waals surface area contributed by atoms with Crippen LogP contribution >= 0.6 is 0 Å². The van der Waals surface area contributed by atoms with Gasteiger partial charge >= 0.3 is 0 Å². The van der Waals surface area contributed by atoms with Crippen LogP contribution in [0, 0.1) is 12.8 Å². The van der Waals surface area contributed by atoms with E-state index in [9.17, 15) is 18.4 Å². The van der Waals surface area contributed by atoms with Crippen molar-refractivity contribution < 1.29 is 18.4 Å². The van der Waals surface area contributed by atoms with Crippen molar-refractivity contribution >= 4 is 11.8 Å². The highest BCUT2D eigenvalue weighted by Gasteiger charge is 2.35. The molecule has 126 valence electrons. The van der Waals surface area contributed by atoms with Crippen molar-refractivity contribution in [2.45, 2.75) is 25.8 Å². The number of hydrogen-bond acceptors (Lipinski definition) is 3. The zero-order valence-electron chi connectivity index (χ0n) is 13.0. The number of amides is 2. The van der Waals surface area contributed by atoms with E-state index in [1.165, 1.54) is 0 Å². The van der Waals surface area contributed by atoms with Crippen molar-refractivity contribution in [2.24, 2.45) is 11.7 Å². The van der Waals surface area contributed by atoms with E-state index < -0.39 is 30.8 Å². The highest BCUT2D eigenvalue weighted by atomic mass is 19.3. The number of carbonyl (C=O) groups is 2. The minimum absolute atomic E-state index is 0.0475. The molecule has 2 amide bonds. The first kappa shape index (κ1) is 17.3. The first-order chi connectivity index (χ1) is 10.8. The predicted molar refractivity (Wildman–Crippen MR) is 81.7 cm³/mol. The zero-order chi connectivity index (χ0) is 17.0. The fourth-order valence-corrected chi connectivity index (χ4v) is 2.45. The molecule has 1 unspecified atom stereocenters. The lowest BCUT2D eigenvalue weighted by Crippen LogP contribution is -2.43. The number of carbonyl (C=O) groups excluding carboxylic acids is 2. The molecule has 1 atom stereocenters. The smallest absolute Gasteiger partial charge is 0.277 e. The van der Waals surface area contributed by atoms with E-state index in [4.69, 9.17) is 5.73 Å². The Labute approximate surface area is 133 Å². The lowest BCUT2D eigenvalue weighted by molar-refractivity contribution is -0.129. The van der Waals surface area contributed by atoms with Gasteiger partial charge in [0.2, 0.25) is 11.8 Å². The molecule has 1 aromatic carbocycles. The Bertz CT molecular complexity index is 575. The second-order valence-corrected chi connectivity index (χ2v) is 5.94. The lowest BCUT2D eigenvalue weighted by atomic mass is 10.1. The van der Waals surface area contributed by atoms with Crippen LogP contribution in [-0.4, -0.2) is 42.3 Å². The first-order valence-electron chi connectivity index (χ1n) is 7.49. The topological polar surface area (TPSA) is 75.4 Å². The molecule has 0 spiro atoms. The van der Waals surface area contributed by atoms with E-state index in [-0.39, 0.29) is 18.9 Å². The minimum atomic E-state index is -3.13. The summed E-state index contributed by atoms with van der Waals surface area (Å²) < 4.78 is 26.1. The van der Waals surface area contributed by atoms with E-state index in [0.29, 0.717) is 6.54 Å². The highest BCUT2D eigenvalue weighted by molar-refractivity contribution is 5.89. The van der Waals surface area contributed by atoms with Gasteiger partial charge in [-0.25, -0.2) is 8.78 Å². The van der Waals surface area contributed by atoms with Gasteiger partial charge in [-0.3, -0.25) is 9.59 Å². The summed E-state index contributed by atoms with van der Waals surface area (Å²) in [5.74, 6) is -4.39. The van der Waals surface area contributed by atoms with Gasteiger partial charge < -0.3 is 16.0 Å². The fraction of sp³-hybridized carbons (Fsp3) is 0.500. The number of halogens is 2. The van der Waals surface area contributed by atoms with E-state index >= 15 is 0 Å². The van der Waals surface area contributed by atoms with Crippen LogP contribution in [0.25, 0.3) is 0 Å². The molecular formula is C16H21F2N3O2. The van der Waals surface area contributed by atoms with Crippen LogP contribution in [0.2, 0.25) is 0 Å². The zero-order valence-corrected chi connectivity index (χ0v) is 13.0. The summed E-state index contributed by atoms with van der Waals surface area (Å²) in [6, 6.07) is 7.76. The van der Waals surface area contributed by atoms with E-state index in [1.807, 2.05) is 31.2 Å². The van der Waals surface area contributed by atoms with Crippen molar-refractivity contribution in [3.05, 3.63) is 35.4 Å². The van der Waals surface area contributed by atoms with Gasteiger partial charge in [-0.1, -0.05) is 29.8 Å². The number of hydrogen-bond donors (Lipinski definition) is 2. The molecule has 1 aliphatic rings. The van der Waals surface area contributed by atoms with Crippen LogP contribution in [0.1, 0.15) is 17.5 Å². The number of nitrogens with one attached hydrogen (secondary N) is 1. The second-order valence-electron chi connectivity index (χ2n) is 5.94. The third-order valence-electron chi connectivity index (χ3n) is 3.90. The predicted octanol–water partition coefficient (Wildman–Crippen LogP) is 1.05. The Balaban J connectivity index is 1.89. The number of alkyl halides is 2. The normalized spacial score (nSPS) is 18.3. The molecule has 0 aliphatic carbocycles. The molecule has 23 heavy (non-hydrogen) atoms. The molecule has 3 N–H and O–H groups in total. The molecule has 0 aromatic heterocycles. The van der Waals surface area contributed by atoms with Crippen molar-refractivity contribution in [1.82, 2.24) is 10.2 Å². The number of likely N-dealkylation sites (tertiary alicyclic amines) is 1. The maximum absolute atomic E-state index is 13.1. The maximum atomic E-state index is 13.1. The Morgan fingerprint density at radius 1 is 1.39 bits per heavy atom. The number of rotatable bonds is 6. The van der Waals surface area contributed by atoms with Crippen LogP contribution in [0.5, 0.6) is 0 Å². The van der Waals surface area contributed by atoms with Crippen molar-refractivity contribution in [1.29, 1.82) is 0 Å². The molecule has 5 nitrogen and oxygen atoms in total. The Morgan fingerprint density at radius 2 is 2.04 bits per heavy atom. The van der Waals surface area contributed by atoms with Gasteiger partial charge in [0.1, 0.15) is 0 Å². The van der Waals surface area contributed by atoms with Gasteiger partial charge in [0, 0.05) is 19.5 Å². The number of nitrogens with two attached hydrogens (primary N) is 1. The molecule has 1 aliphatic heterocycles. The average molecular weight is 325 g/mol. The summed E-state index contributed by atoms with van der Waals surface area (Å²) in [7, 11) is 0. The third-order valence-corrected chi connectivity index (χ3v) is 3.90. The fourth-order valence-electron chi connectivity index (χ4n) is 2.45. The molecule has 0 radical (unpaired) electrons. The molecule has 2 rings (SSSR count). The Kier molecular flexibility index (Phi) is 5.30. The summed E-state index contributed by atoms with van der Waals surface area (Å²) in [6.45, 7) is 1.01. The quantitative estimate of drug-likeness (QED) is 0.821.